The fraction of sp³-hybridized carbons (Fsp3) is 0.667. The minimum atomic E-state index is -0.105. The van der Waals surface area contributed by atoms with E-state index in [-0.39, 0.29) is 12.0 Å². The largest absolute Gasteiger partial charge is 0.393 e. The van der Waals surface area contributed by atoms with E-state index in [2.05, 4.69) is 34.1 Å². The zero-order valence-electron chi connectivity index (χ0n) is 15.1. The normalized spacial score (nSPS) is 26.4. The molecular weight excluding hydrogens is 312 g/mol. The van der Waals surface area contributed by atoms with Crippen LogP contribution in [-0.4, -0.2) is 59.1 Å². The third-order valence-corrected chi connectivity index (χ3v) is 6.49. The van der Waals surface area contributed by atoms with E-state index in [9.17, 15) is 9.90 Å². The van der Waals surface area contributed by atoms with Crippen LogP contribution in [0.3, 0.4) is 0 Å². The number of fused-ring (bicyclic) bond motifs is 1. The van der Waals surface area contributed by atoms with Crippen molar-refractivity contribution in [3.8, 4) is 0 Å². The number of nitrogens with zero attached hydrogens (tertiary/aromatic N) is 2. The van der Waals surface area contributed by atoms with Crippen LogP contribution in [0.5, 0.6) is 0 Å². The van der Waals surface area contributed by atoms with E-state index < -0.39 is 0 Å². The SMILES string of the molecule is O=C([C@@H]1CCc2ccccc2C1)N1CCC(N2CCC(O)CC2)CC1. The zero-order chi connectivity index (χ0) is 17.2. The van der Waals surface area contributed by atoms with Gasteiger partial charge in [0, 0.05) is 38.1 Å². The molecule has 4 nitrogen and oxygen atoms in total. The molecule has 2 heterocycles. The van der Waals surface area contributed by atoms with Crippen molar-refractivity contribution < 1.29 is 9.90 Å². The molecule has 136 valence electrons. The fourth-order valence-corrected chi connectivity index (χ4v) is 4.87. The van der Waals surface area contributed by atoms with E-state index in [0.717, 1.165) is 71.1 Å². The van der Waals surface area contributed by atoms with Gasteiger partial charge in [0.2, 0.25) is 5.91 Å². The number of aryl methyl sites for hydroxylation is 1. The summed E-state index contributed by atoms with van der Waals surface area (Å²) in [5.41, 5.74) is 2.80. The first-order chi connectivity index (χ1) is 12.2. The summed E-state index contributed by atoms with van der Waals surface area (Å²) in [6.07, 6.45) is 6.84. The van der Waals surface area contributed by atoms with Crippen molar-refractivity contribution in [3.05, 3.63) is 35.4 Å². The summed E-state index contributed by atoms with van der Waals surface area (Å²) in [6.45, 7) is 3.83. The van der Waals surface area contributed by atoms with Crippen molar-refractivity contribution in [2.24, 2.45) is 5.92 Å². The second kappa shape index (κ2) is 7.46. The first kappa shape index (κ1) is 17.0. The lowest BCUT2D eigenvalue weighted by atomic mass is 9.83. The van der Waals surface area contributed by atoms with Crippen molar-refractivity contribution in [1.82, 2.24) is 9.80 Å². The van der Waals surface area contributed by atoms with Gasteiger partial charge < -0.3 is 14.9 Å². The molecule has 0 unspecified atom stereocenters. The Labute approximate surface area is 150 Å². The quantitative estimate of drug-likeness (QED) is 0.896. The number of likely N-dealkylation sites (tertiary alicyclic amines) is 2. The Balaban J connectivity index is 1.30. The molecule has 3 aliphatic rings. The number of hydrogen-bond donors (Lipinski definition) is 1. The van der Waals surface area contributed by atoms with Crippen LogP contribution in [0.25, 0.3) is 0 Å². The average molecular weight is 342 g/mol. The van der Waals surface area contributed by atoms with Gasteiger partial charge in [-0.1, -0.05) is 24.3 Å². The minimum absolute atomic E-state index is 0.105. The number of aliphatic hydroxyl groups excluding tert-OH is 1. The molecule has 2 aliphatic heterocycles. The highest BCUT2D eigenvalue weighted by atomic mass is 16.3. The second-order valence-electron chi connectivity index (χ2n) is 8.03. The van der Waals surface area contributed by atoms with E-state index >= 15 is 0 Å². The lowest BCUT2D eigenvalue weighted by molar-refractivity contribution is -0.137. The molecule has 1 atom stereocenters. The smallest absolute Gasteiger partial charge is 0.226 e. The molecule has 1 N–H and O–H groups in total. The highest BCUT2D eigenvalue weighted by molar-refractivity contribution is 5.79. The maximum absolute atomic E-state index is 13.0. The van der Waals surface area contributed by atoms with Crippen molar-refractivity contribution in [3.63, 3.8) is 0 Å². The highest BCUT2D eigenvalue weighted by Crippen LogP contribution is 2.28. The topological polar surface area (TPSA) is 43.8 Å². The van der Waals surface area contributed by atoms with Crippen LogP contribution in [0.1, 0.15) is 43.2 Å². The van der Waals surface area contributed by atoms with Gasteiger partial charge >= 0.3 is 0 Å². The molecule has 1 aromatic rings. The van der Waals surface area contributed by atoms with Gasteiger partial charge in [-0.2, -0.15) is 0 Å². The monoisotopic (exact) mass is 342 g/mol. The third kappa shape index (κ3) is 3.75. The summed E-state index contributed by atoms with van der Waals surface area (Å²) in [6, 6.07) is 9.18. The van der Waals surface area contributed by atoms with E-state index in [1.165, 1.54) is 11.1 Å². The Morgan fingerprint density at radius 3 is 2.32 bits per heavy atom. The number of rotatable bonds is 2. The van der Waals surface area contributed by atoms with Crippen molar-refractivity contribution in [2.45, 2.75) is 57.1 Å². The Hall–Kier alpha value is -1.39. The van der Waals surface area contributed by atoms with E-state index in [1.807, 2.05) is 0 Å². The molecule has 4 heteroatoms. The molecule has 2 fully saturated rings. The number of piperidine rings is 2. The van der Waals surface area contributed by atoms with Crippen molar-refractivity contribution in [2.75, 3.05) is 26.2 Å². The third-order valence-electron chi connectivity index (χ3n) is 6.49. The maximum Gasteiger partial charge on any atom is 0.226 e. The number of benzene rings is 1. The summed E-state index contributed by atoms with van der Waals surface area (Å²) in [4.78, 5) is 17.6. The molecular formula is C21H30N2O2. The molecule has 0 saturated carbocycles. The molecule has 2 saturated heterocycles. The van der Waals surface area contributed by atoms with Gasteiger partial charge in [0.1, 0.15) is 0 Å². The van der Waals surface area contributed by atoms with Gasteiger partial charge in [0.05, 0.1) is 6.10 Å². The van der Waals surface area contributed by atoms with Gasteiger partial charge in [0.25, 0.3) is 0 Å². The van der Waals surface area contributed by atoms with Gasteiger partial charge in [-0.3, -0.25) is 4.79 Å². The molecule has 0 bridgehead atoms. The first-order valence-corrected chi connectivity index (χ1v) is 9.98. The van der Waals surface area contributed by atoms with Crippen molar-refractivity contribution >= 4 is 5.91 Å². The Kier molecular flexibility index (Phi) is 5.09. The van der Waals surface area contributed by atoms with Gasteiger partial charge in [-0.25, -0.2) is 0 Å². The molecule has 1 aromatic carbocycles. The van der Waals surface area contributed by atoms with Crippen LogP contribution in [0, 0.1) is 5.92 Å². The van der Waals surface area contributed by atoms with Crippen LogP contribution in [0.15, 0.2) is 24.3 Å². The van der Waals surface area contributed by atoms with Crippen LogP contribution in [0.2, 0.25) is 0 Å². The van der Waals surface area contributed by atoms with Gasteiger partial charge in [-0.05, 0) is 56.1 Å². The molecule has 0 spiro atoms. The molecule has 1 aliphatic carbocycles. The number of hydrogen-bond acceptors (Lipinski definition) is 3. The summed E-state index contributed by atoms with van der Waals surface area (Å²) >= 11 is 0. The van der Waals surface area contributed by atoms with Gasteiger partial charge in [-0.15, -0.1) is 0 Å². The molecule has 0 aromatic heterocycles. The fourth-order valence-electron chi connectivity index (χ4n) is 4.87. The van der Waals surface area contributed by atoms with E-state index in [0.29, 0.717) is 11.9 Å². The number of carbonyl (C=O) groups is 1. The van der Waals surface area contributed by atoms with Crippen LogP contribution < -0.4 is 0 Å². The predicted molar refractivity (Wildman–Crippen MR) is 98.4 cm³/mol. The Bertz CT molecular complexity index is 602. The summed E-state index contributed by atoms with van der Waals surface area (Å²) in [5, 5.41) is 9.67. The molecule has 4 rings (SSSR count). The average Bonchev–Trinajstić information content (AvgIpc) is 2.68. The minimum Gasteiger partial charge on any atom is -0.393 e. The summed E-state index contributed by atoms with van der Waals surface area (Å²) < 4.78 is 0. The second-order valence-corrected chi connectivity index (χ2v) is 8.03. The number of carbonyl (C=O) groups excluding carboxylic acids is 1. The zero-order valence-corrected chi connectivity index (χ0v) is 15.1. The van der Waals surface area contributed by atoms with Gasteiger partial charge in [0.15, 0.2) is 0 Å². The maximum atomic E-state index is 13.0. The molecule has 25 heavy (non-hydrogen) atoms. The number of amides is 1. The molecule has 0 radical (unpaired) electrons. The standard InChI is InChI=1S/C21H30N2O2/c24-20-9-13-22(14-10-20)19-7-11-23(12-8-19)21(25)18-6-5-16-3-1-2-4-17(16)15-18/h1-4,18-20,24H,5-15H2/t18-/m1/s1. The Morgan fingerprint density at radius 1 is 0.920 bits per heavy atom. The van der Waals surface area contributed by atoms with E-state index in [1.54, 1.807) is 0 Å². The summed E-state index contributed by atoms with van der Waals surface area (Å²) in [5.74, 6) is 0.554. The lowest BCUT2D eigenvalue weighted by Crippen LogP contribution is -2.50. The number of aliphatic hydroxyl groups is 1. The van der Waals surface area contributed by atoms with Crippen LogP contribution >= 0.6 is 0 Å². The van der Waals surface area contributed by atoms with E-state index in [4.69, 9.17) is 0 Å². The first-order valence-electron chi connectivity index (χ1n) is 9.98. The molecule has 1 amide bonds. The highest BCUT2D eigenvalue weighted by Gasteiger charge is 2.33. The van der Waals surface area contributed by atoms with Crippen molar-refractivity contribution in [1.29, 1.82) is 0 Å². The lowest BCUT2D eigenvalue weighted by Gasteiger charge is -2.42. The summed E-state index contributed by atoms with van der Waals surface area (Å²) in [7, 11) is 0. The van der Waals surface area contributed by atoms with Crippen LogP contribution in [0.4, 0.5) is 0 Å². The predicted octanol–water partition coefficient (Wildman–Crippen LogP) is 2.24. The van der Waals surface area contributed by atoms with Crippen LogP contribution in [-0.2, 0) is 17.6 Å². The Morgan fingerprint density at radius 2 is 1.60 bits per heavy atom.